The van der Waals surface area contributed by atoms with Gasteiger partial charge in [0.2, 0.25) is 5.95 Å². The molecule has 1 fully saturated rings. The lowest BCUT2D eigenvalue weighted by Gasteiger charge is -2.32. The van der Waals surface area contributed by atoms with Crippen LogP contribution in [-0.2, 0) is 6.54 Å². The van der Waals surface area contributed by atoms with Crippen LogP contribution < -0.4 is 5.32 Å². The Balaban J connectivity index is 2.04. The first-order chi connectivity index (χ1) is 8.08. The molecule has 0 saturated heterocycles. The third-order valence-corrected chi connectivity index (χ3v) is 3.75. The predicted octanol–water partition coefficient (Wildman–Crippen LogP) is 3.45. The van der Waals surface area contributed by atoms with Crippen LogP contribution in [0.15, 0.2) is 6.20 Å². The van der Waals surface area contributed by atoms with E-state index in [0.717, 1.165) is 30.0 Å². The van der Waals surface area contributed by atoms with E-state index >= 15 is 0 Å². The van der Waals surface area contributed by atoms with Crippen LogP contribution >= 0.6 is 0 Å². The van der Waals surface area contributed by atoms with Gasteiger partial charge in [0.05, 0.1) is 5.69 Å². The number of aromatic nitrogens is 2. The van der Waals surface area contributed by atoms with Gasteiger partial charge in [-0.25, -0.2) is 4.98 Å². The number of nitrogens with zero attached hydrogens (tertiary/aromatic N) is 2. The minimum absolute atomic E-state index is 0.598. The molecule has 96 valence electrons. The summed E-state index contributed by atoms with van der Waals surface area (Å²) in [5.41, 5.74) is 1.10. The van der Waals surface area contributed by atoms with Crippen LogP contribution in [0.2, 0.25) is 0 Å². The Bertz CT molecular complexity index is 360. The molecular weight excluding hydrogens is 210 g/mol. The number of aryl methyl sites for hydroxylation is 2. The van der Waals surface area contributed by atoms with Gasteiger partial charge < -0.3 is 9.88 Å². The molecule has 1 aliphatic carbocycles. The van der Waals surface area contributed by atoms with Crippen molar-refractivity contribution >= 4 is 5.95 Å². The van der Waals surface area contributed by atoms with Gasteiger partial charge in [0.25, 0.3) is 0 Å². The van der Waals surface area contributed by atoms with Crippen LogP contribution in [0.3, 0.4) is 0 Å². The molecule has 2 atom stereocenters. The topological polar surface area (TPSA) is 29.9 Å². The molecule has 0 spiro atoms. The van der Waals surface area contributed by atoms with E-state index in [-0.39, 0.29) is 0 Å². The Morgan fingerprint density at radius 2 is 1.94 bits per heavy atom. The van der Waals surface area contributed by atoms with Gasteiger partial charge in [0.1, 0.15) is 0 Å². The Kier molecular flexibility index (Phi) is 3.75. The number of hydrogen-bond donors (Lipinski definition) is 1. The molecular formula is C14H25N3. The molecule has 1 aromatic rings. The molecule has 0 aliphatic heterocycles. The van der Waals surface area contributed by atoms with Crippen molar-refractivity contribution in [1.82, 2.24) is 9.55 Å². The summed E-state index contributed by atoms with van der Waals surface area (Å²) >= 11 is 0. The summed E-state index contributed by atoms with van der Waals surface area (Å²) in [6.45, 7) is 9.94. The number of rotatable bonds is 3. The van der Waals surface area contributed by atoms with Crippen LogP contribution in [0.25, 0.3) is 0 Å². The standard InChI is InChI=1S/C14H25N3/c1-5-17-9-12(4)15-14(17)16-13-7-10(2)6-11(3)8-13/h9-11,13H,5-8H2,1-4H3,(H,15,16). The average Bonchev–Trinajstić information content (AvgIpc) is 2.57. The van der Waals surface area contributed by atoms with Crippen LogP contribution in [0, 0.1) is 18.8 Å². The third-order valence-electron chi connectivity index (χ3n) is 3.75. The zero-order valence-electron chi connectivity index (χ0n) is 11.5. The summed E-state index contributed by atoms with van der Waals surface area (Å²) in [4.78, 5) is 4.58. The second kappa shape index (κ2) is 5.11. The average molecular weight is 235 g/mol. The van der Waals surface area contributed by atoms with Gasteiger partial charge in [0, 0.05) is 18.8 Å². The summed E-state index contributed by atoms with van der Waals surface area (Å²) in [5, 5.41) is 3.63. The minimum atomic E-state index is 0.598. The highest BCUT2D eigenvalue weighted by Gasteiger charge is 2.24. The summed E-state index contributed by atoms with van der Waals surface area (Å²) < 4.78 is 2.21. The lowest BCUT2D eigenvalue weighted by molar-refractivity contribution is 0.280. The lowest BCUT2D eigenvalue weighted by atomic mass is 9.80. The summed E-state index contributed by atoms with van der Waals surface area (Å²) in [6.07, 6.45) is 6.05. The minimum Gasteiger partial charge on any atom is -0.353 e. The van der Waals surface area contributed by atoms with Gasteiger partial charge in [-0.3, -0.25) is 0 Å². The highest BCUT2D eigenvalue weighted by atomic mass is 15.2. The lowest BCUT2D eigenvalue weighted by Crippen LogP contribution is -2.31. The van der Waals surface area contributed by atoms with Gasteiger partial charge in [-0.05, 0) is 44.9 Å². The molecule has 0 radical (unpaired) electrons. The number of nitrogens with one attached hydrogen (secondary N) is 1. The zero-order chi connectivity index (χ0) is 12.4. The van der Waals surface area contributed by atoms with Crippen molar-refractivity contribution in [1.29, 1.82) is 0 Å². The number of hydrogen-bond acceptors (Lipinski definition) is 2. The first-order valence-corrected chi connectivity index (χ1v) is 6.88. The zero-order valence-corrected chi connectivity index (χ0v) is 11.5. The molecule has 0 bridgehead atoms. The molecule has 0 amide bonds. The van der Waals surface area contributed by atoms with E-state index in [4.69, 9.17) is 0 Å². The van der Waals surface area contributed by atoms with Gasteiger partial charge in [-0.1, -0.05) is 13.8 Å². The van der Waals surface area contributed by atoms with Crippen molar-refractivity contribution in [2.75, 3.05) is 5.32 Å². The van der Waals surface area contributed by atoms with E-state index < -0.39 is 0 Å². The number of imidazole rings is 1. The first kappa shape index (κ1) is 12.5. The highest BCUT2D eigenvalue weighted by molar-refractivity contribution is 5.30. The van der Waals surface area contributed by atoms with E-state index in [9.17, 15) is 0 Å². The fraction of sp³-hybridized carbons (Fsp3) is 0.786. The van der Waals surface area contributed by atoms with E-state index in [2.05, 4.69) is 48.8 Å². The maximum atomic E-state index is 4.58. The first-order valence-electron chi connectivity index (χ1n) is 6.88. The van der Waals surface area contributed by atoms with Gasteiger partial charge in [0.15, 0.2) is 0 Å². The molecule has 0 aromatic carbocycles. The second-order valence-electron chi connectivity index (χ2n) is 5.75. The fourth-order valence-electron chi connectivity index (χ4n) is 3.15. The smallest absolute Gasteiger partial charge is 0.203 e. The van der Waals surface area contributed by atoms with Crippen molar-refractivity contribution in [2.45, 2.75) is 59.5 Å². The van der Waals surface area contributed by atoms with Crippen molar-refractivity contribution in [3.05, 3.63) is 11.9 Å². The third kappa shape index (κ3) is 3.02. The maximum absolute atomic E-state index is 4.58. The van der Waals surface area contributed by atoms with Gasteiger partial charge in [-0.2, -0.15) is 0 Å². The van der Waals surface area contributed by atoms with Crippen LogP contribution in [0.4, 0.5) is 5.95 Å². The summed E-state index contributed by atoms with van der Waals surface area (Å²) in [5.74, 6) is 2.72. The molecule has 1 N–H and O–H groups in total. The summed E-state index contributed by atoms with van der Waals surface area (Å²) in [7, 11) is 0. The monoisotopic (exact) mass is 235 g/mol. The Morgan fingerprint density at radius 1 is 1.29 bits per heavy atom. The highest BCUT2D eigenvalue weighted by Crippen LogP contribution is 2.30. The van der Waals surface area contributed by atoms with Gasteiger partial charge >= 0.3 is 0 Å². The molecule has 1 aliphatic rings. The van der Waals surface area contributed by atoms with E-state index in [1.165, 1.54) is 19.3 Å². The Hall–Kier alpha value is -0.990. The molecule has 17 heavy (non-hydrogen) atoms. The fourth-order valence-corrected chi connectivity index (χ4v) is 3.15. The van der Waals surface area contributed by atoms with Crippen molar-refractivity contribution in [2.24, 2.45) is 11.8 Å². The summed E-state index contributed by atoms with van der Waals surface area (Å²) in [6, 6.07) is 0.598. The van der Waals surface area contributed by atoms with Gasteiger partial charge in [-0.15, -0.1) is 0 Å². The molecule has 3 nitrogen and oxygen atoms in total. The second-order valence-corrected chi connectivity index (χ2v) is 5.75. The Labute approximate surface area is 105 Å². The largest absolute Gasteiger partial charge is 0.353 e. The molecule has 3 heteroatoms. The van der Waals surface area contributed by atoms with Crippen molar-refractivity contribution in [3.63, 3.8) is 0 Å². The van der Waals surface area contributed by atoms with Crippen LogP contribution in [-0.4, -0.2) is 15.6 Å². The molecule has 1 aromatic heterocycles. The number of anilines is 1. The predicted molar refractivity (Wildman–Crippen MR) is 72.2 cm³/mol. The molecule has 2 rings (SSSR count). The van der Waals surface area contributed by atoms with E-state index in [1.807, 2.05) is 0 Å². The quantitative estimate of drug-likeness (QED) is 0.869. The maximum Gasteiger partial charge on any atom is 0.203 e. The van der Waals surface area contributed by atoms with E-state index in [1.54, 1.807) is 0 Å². The van der Waals surface area contributed by atoms with Crippen molar-refractivity contribution < 1.29 is 0 Å². The molecule has 1 heterocycles. The Morgan fingerprint density at radius 3 is 2.53 bits per heavy atom. The SMILES string of the molecule is CCn1cc(C)nc1NC1CC(C)CC(C)C1. The molecule has 2 unspecified atom stereocenters. The van der Waals surface area contributed by atoms with Crippen molar-refractivity contribution in [3.8, 4) is 0 Å². The normalized spacial score (nSPS) is 29.3. The van der Waals surface area contributed by atoms with Crippen LogP contribution in [0.1, 0.15) is 45.7 Å². The van der Waals surface area contributed by atoms with E-state index in [0.29, 0.717) is 6.04 Å². The van der Waals surface area contributed by atoms with Crippen LogP contribution in [0.5, 0.6) is 0 Å². The molecule has 1 saturated carbocycles.